The Balaban J connectivity index is 2.37. The molecule has 1 aromatic heterocycles. The van der Waals surface area contributed by atoms with E-state index in [-0.39, 0.29) is 6.61 Å². The summed E-state index contributed by atoms with van der Waals surface area (Å²) in [5, 5.41) is 0. The van der Waals surface area contributed by atoms with E-state index in [0.29, 0.717) is 5.75 Å². The minimum atomic E-state index is 0.243. The molecule has 0 aliphatic heterocycles. The van der Waals surface area contributed by atoms with Crippen LogP contribution in [-0.2, 0) is 0 Å². The molecule has 2 aromatic rings. The van der Waals surface area contributed by atoms with Crippen molar-refractivity contribution < 1.29 is 4.74 Å². The van der Waals surface area contributed by atoms with Gasteiger partial charge in [0.1, 0.15) is 12.4 Å². The van der Waals surface area contributed by atoms with E-state index >= 15 is 0 Å². The van der Waals surface area contributed by atoms with Crippen molar-refractivity contribution in [1.82, 2.24) is 0 Å². The van der Waals surface area contributed by atoms with Crippen LogP contribution < -0.4 is 4.74 Å². The molecule has 79 valence electrons. The van der Waals surface area contributed by atoms with Crippen LogP contribution in [0.2, 0.25) is 4.34 Å². The Bertz CT molecular complexity index is 525. The van der Waals surface area contributed by atoms with Crippen LogP contribution in [0, 0.1) is 18.4 Å². The monoisotopic (exact) mass is 247 g/mol. The predicted octanol–water partition coefficient (Wildman–Crippen LogP) is 3.88. The fraction of sp³-hybridized carbons (Fsp3) is 0.0769. The molecule has 1 aromatic carbocycles. The highest BCUT2D eigenvalue weighted by Crippen LogP contribution is 2.36. The van der Waals surface area contributed by atoms with E-state index in [1.54, 1.807) is 6.07 Å². The summed E-state index contributed by atoms with van der Waals surface area (Å²) < 4.78 is 6.17. The van der Waals surface area contributed by atoms with Crippen molar-refractivity contribution in [3.8, 4) is 28.5 Å². The molecule has 0 amide bonds. The summed E-state index contributed by atoms with van der Waals surface area (Å²) in [6.07, 6.45) is 5.16. The molecule has 16 heavy (non-hydrogen) atoms. The van der Waals surface area contributed by atoms with Crippen LogP contribution in [-0.4, -0.2) is 6.61 Å². The fourth-order valence-electron chi connectivity index (χ4n) is 1.31. The predicted molar refractivity (Wildman–Crippen MR) is 67.9 cm³/mol. The second-order valence-electron chi connectivity index (χ2n) is 3.01. The minimum absolute atomic E-state index is 0.243. The molecule has 1 radical (unpaired) electrons. The quantitative estimate of drug-likeness (QED) is 0.748. The molecule has 0 unspecified atom stereocenters. The SMILES string of the molecule is C#CCOc1[c]cccc1-c1ccc(Cl)s1. The van der Waals surface area contributed by atoms with Crippen molar-refractivity contribution in [2.75, 3.05) is 6.61 Å². The zero-order valence-corrected chi connectivity index (χ0v) is 9.94. The lowest BCUT2D eigenvalue weighted by Crippen LogP contribution is -1.94. The lowest BCUT2D eigenvalue weighted by Gasteiger charge is -2.06. The van der Waals surface area contributed by atoms with Crippen molar-refractivity contribution >= 4 is 22.9 Å². The van der Waals surface area contributed by atoms with Crippen molar-refractivity contribution in [2.45, 2.75) is 0 Å². The zero-order valence-electron chi connectivity index (χ0n) is 8.37. The first-order valence-corrected chi connectivity index (χ1v) is 5.83. The van der Waals surface area contributed by atoms with Crippen molar-refractivity contribution in [3.63, 3.8) is 0 Å². The number of terminal acetylenes is 1. The van der Waals surface area contributed by atoms with Crippen LogP contribution in [0.15, 0.2) is 30.3 Å². The van der Waals surface area contributed by atoms with Gasteiger partial charge in [-0.2, -0.15) is 0 Å². The number of halogens is 1. The van der Waals surface area contributed by atoms with Gasteiger partial charge in [0.25, 0.3) is 0 Å². The molecule has 0 spiro atoms. The van der Waals surface area contributed by atoms with Gasteiger partial charge in [-0.05, 0) is 18.2 Å². The third-order valence-electron chi connectivity index (χ3n) is 1.96. The molecule has 3 heteroatoms. The summed E-state index contributed by atoms with van der Waals surface area (Å²) in [6.45, 7) is 0.243. The van der Waals surface area contributed by atoms with E-state index in [2.05, 4.69) is 12.0 Å². The Labute approximate surface area is 104 Å². The summed E-state index contributed by atoms with van der Waals surface area (Å²) in [5.74, 6) is 3.10. The Kier molecular flexibility index (Phi) is 3.51. The third kappa shape index (κ3) is 2.38. The number of ether oxygens (including phenoxy) is 1. The summed E-state index contributed by atoms with van der Waals surface area (Å²) >= 11 is 7.40. The summed E-state index contributed by atoms with van der Waals surface area (Å²) in [7, 11) is 0. The van der Waals surface area contributed by atoms with Gasteiger partial charge in [-0.1, -0.05) is 29.7 Å². The van der Waals surface area contributed by atoms with Gasteiger partial charge in [-0.25, -0.2) is 0 Å². The average molecular weight is 248 g/mol. The summed E-state index contributed by atoms with van der Waals surface area (Å²) in [4.78, 5) is 1.05. The number of hydrogen-bond acceptors (Lipinski definition) is 2. The van der Waals surface area contributed by atoms with E-state index < -0.39 is 0 Å². The first-order chi connectivity index (χ1) is 7.81. The van der Waals surface area contributed by atoms with Crippen molar-refractivity contribution in [3.05, 3.63) is 40.7 Å². The fourth-order valence-corrected chi connectivity index (χ4v) is 2.37. The number of benzene rings is 1. The van der Waals surface area contributed by atoms with E-state index in [1.165, 1.54) is 11.3 Å². The molecular formula is C13H8ClOS. The van der Waals surface area contributed by atoms with Crippen molar-refractivity contribution in [1.29, 1.82) is 0 Å². The molecule has 2 rings (SSSR count). The van der Waals surface area contributed by atoms with Gasteiger partial charge in [-0.3, -0.25) is 0 Å². The van der Waals surface area contributed by atoms with Gasteiger partial charge in [0, 0.05) is 16.5 Å². The molecule has 0 aliphatic carbocycles. The van der Waals surface area contributed by atoms with Crippen molar-refractivity contribution in [2.24, 2.45) is 0 Å². The number of thiophene rings is 1. The van der Waals surface area contributed by atoms with Crippen LogP contribution in [0.25, 0.3) is 10.4 Å². The van der Waals surface area contributed by atoms with Crippen LogP contribution in [0.4, 0.5) is 0 Å². The smallest absolute Gasteiger partial charge is 0.148 e. The van der Waals surface area contributed by atoms with Crippen LogP contribution in [0.1, 0.15) is 0 Å². The Morgan fingerprint density at radius 3 is 3.00 bits per heavy atom. The molecule has 0 fully saturated rings. The number of rotatable bonds is 3. The molecule has 0 atom stereocenters. The topological polar surface area (TPSA) is 9.23 Å². The molecule has 0 saturated carbocycles. The van der Waals surface area contributed by atoms with Gasteiger partial charge in [0.15, 0.2) is 0 Å². The molecule has 0 bridgehead atoms. The molecule has 0 aliphatic rings. The first-order valence-electron chi connectivity index (χ1n) is 4.64. The van der Waals surface area contributed by atoms with Gasteiger partial charge in [-0.15, -0.1) is 17.8 Å². The highest BCUT2D eigenvalue weighted by Gasteiger charge is 2.07. The first kappa shape index (κ1) is 11.1. The number of hydrogen-bond donors (Lipinski definition) is 0. The van der Waals surface area contributed by atoms with E-state index in [0.717, 1.165) is 14.8 Å². The molecule has 1 nitrogen and oxygen atoms in total. The van der Waals surface area contributed by atoms with Gasteiger partial charge in [0.2, 0.25) is 0 Å². The lowest BCUT2D eigenvalue weighted by atomic mass is 10.1. The normalized spacial score (nSPS) is 9.75. The largest absolute Gasteiger partial charge is 0.480 e. The standard InChI is InChI=1S/C13H8ClOS/c1-2-9-15-11-6-4-3-5-10(11)12-7-8-13(14)16-12/h1,3-5,7-8H,9H2. The van der Waals surface area contributed by atoms with E-state index in [9.17, 15) is 0 Å². The van der Waals surface area contributed by atoms with Gasteiger partial charge in [0.05, 0.1) is 4.34 Å². The molecule has 0 saturated heterocycles. The average Bonchev–Trinajstić information content (AvgIpc) is 2.73. The highest BCUT2D eigenvalue weighted by molar-refractivity contribution is 7.19. The third-order valence-corrected chi connectivity index (χ3v) is 3.22. The second-order valence-corrected chi connectivity index (χ2v) is 4.72. The maximum Gasteiger partial charge on any atom is 0.148 e. The lowest BCUT2D eigenvalue weighted by molar-refractivity contribution is 0.371. The maximum absolute atomic E-state index is 5.90. The summed E-state index contributed by atoms with van der Waals surface area (Å²) in [5.41, 5.74) is 0.967. The maximum atomic E-state index is 5.90. The molecule has 0 N–H and O–H groups in total. The molecule has 1 heterocycles. The Hall–Kier alpha value is -1.43. The molecular weight excluding hydrogens is 240 g/mol. The van der Waals surface area contributed by atoms with Gasteiger partial charge >= 0.3 is 0 Å². The Morgan fingerprint density at radius 1 is 1.44 bits per heavy atom. The minimum Gasteiger partial charge on any atom is -0.480 e. The Morgan fingerprint density at radius 2 is 2.31 bits per heavy atom. The second kappa shape index (κ2) is 5.07. The summed E-state index contributed by atoms with van der Waals surface area (Å²) in [6, 6.07) is 12.5. The van der Waals surface area contributed by atoms with E-state index in [1.807, 2.05) is 24.3 Å². The highest BCUT2D eigenvalue weighted by atomic mass is 35.5. The zero-order chi connectivity index (χ0) is 11.4. The van der Waals surface area contributed by atoms with Gasteiger partial charge < -0.3 is 4.74 Å². The van der Waals surface area contributed by atoms with Crippen LogP contribution in [0.3, 0.4) is 0 Å². The van der Waals surface area contributed by atoms with E-state index in [4.69, 9.17) is 22.8 Å². The number of para-hydroxylation sites is 1. The van der Waals surface area contributed by atoms with Crippen LogP contribution >= 0.6 is 22.9 Å². The van der Waals surface area contributed by atoms with Crippen LogP contribution in [0.5, 0.6) is 5.75 Å².